The quantitative estimate of drug-likeness (QED) is 0.845. The maximum atomic E-state index is 13.3. The van der Waals surface area contributed by atoms with Crippen LogP contribution >= 0.6 is 0 Å². The third kappa shape index (κ3) is 2.61. The molecule has 2 N–H and O–H groups in total. The van der Waals surface area contributed by atoms with Gasteiger partial charge in [0.15, 0.2) is 0 Å². The summed E-state index contributed by atoms with van der Waals surface area (Å²) >= 11 is 0. The van der Waals surface area contributed by atoms with Crippen molar-refractivity contribution in [2.45, 2.75) is 6.92 Å². The van der Waals surface area contributed by atoms with E-state index in [1.54, 1.807) is 0 Å². The average molecular weight is 240 g/mol. The second-order valence-electron chi connectivity index (χ2n) is 4.32. The molecule has 5 heteroatoms. The summed E-state index contributed by atoms with van der Waals surface area (Å²) in [4.78, 5) is 11.8. The molecule has 1 saturated heterocycles. The molecule has 0 spiro atoms. The van der Waals surface area contributed by atoms with Crippen LogP contribution in [-0.2, 0) is 4.79 Å². The predicted octanol–water partition coefficient (Wildman–Crippen LogP) is 1.76. The molecule has 1 aromatic rings. The van der Waals surface area contributed by atoms with Gasteiger partial charge in [0.25, 0.3) is 0 Å². The molecule has 0 aliphatic carbocycles. The van der Waals surface area contributed by atoms with E-state index in [4.69, 9.17) is 0 Å². The molecule has 2 rings (SSSR count). The van der Waals surface area contributed by atoms with Crippen molar-refractivity contribution >= 4 is 11.6 Å². The zero-order chi connectivity index (χ0) is 12.4. The average Bonchev–Trinajstić information content (AvgIpc) is 2.19. The van der Waals surface area contributed by atoms with Gasteiger partial charge in [-0.15, -0.1) is 0 Å². The second-order valence-corrected chi connectivity index (χ2v) is 4.32. The van der Waals surface area contributed by atoms with Crippen molar-refractivity contribution in [3.63, 3.8) is 0 Å². The fourth-order valence-corrected chi connectivity index (χ4v) is 1.72. The van der Waals surface area contributed by atoms with E-state index in [1.165, 1.54) is 6.07 Å². The molecule has 1 aliphatic heterocycles. The van der Waals surface area contributed by atoms with E-state index in [2.05, 4.69) is 10.6 Å². The predicted molar refractivity (Wildman–Crippen MR) is 60.5 cm³/mol. The van der Waals surface area contributed by atoms with Gasteiger partial charge in [0, 0.05) is 12.0 Å². The van der Waals surface area contributed by atoms with E-state index in [9.17, 15) is 13.6 Å². The van der Waals surface area contributed by atoms with Crippen LogP contribution in [0.5, 0.6) is 0 Å². The Bertz CT molecular complexity index is 433. The van der Waals surface area contributed by atoms with Gasteiger partial charge >= 0.3 is 0 Å². The SMILES string of the molecule is CC(C(=O)Nc1ccc(F)cc1F)C1CNC1. The maximum absolute atomic E-state index is 13.3. The highest BCUT2D eigenvalue weighted by atomic mass is 19.1. The zero-order valence-corrected chi connectivity index (χ0v) is 9.47. The normalized spacial score (nSPS) is 17.4. The van der Waals surface area contributed by atoms with Crippen molar-refractivity contribution in [3.05, 3.63) is 29.8 Å². The summed E-state index contributed by atoms with van der Waals surface area (Å²) in [5, 5.41) is 5.55. The molecule has 92 valence electrons. The first-order chi connectivity index (χ1) is 8.08. The number of halogens is 2. The molecule has 0 bridgehead atoms. The molecular formula is C12H14F2N2O. The Morgan fingerprint density at radius 2 is 2.18 bits per heavy atom. The van der Waals surface area contributed by atoms with E-state index >= 15 is 0 Å². The van der Waals surface area contributed by atoms with Crippen LogP contribution in [0.25, 0.3) is 0 Å². The number of amides is 1. The van der Waals surface area contributed by atoms with E-state index in [0.29, 0.717) is 5.92 Å². The first-order valence-electron chi connectivity index (χ1n) is 5.54. The Hall–Kier alpha value is -1.49. The van der Waals surface area contributed by atoms with Crippen LogP contribution in [0, 0.1) is 23.5 Å². The van der Waals surface area contributed by atoms with Crippen LogP contribution in [0.3, 0.4) is 0 Å². The van der Waals surface area contributed by atoms with Gasteiger partial charge < -0.3 is 10.6 Å². The Kier molecular flexibility index (Phi) is 3.38. The van der Waals surface area contributed by atoms with Crippen LogP contribution in [-0.4, -0.2) is 19.0 Å². The molecular weight excluding hydrogens is 226 g/mol. The Balaban J connectivity index is 2.02. The summed E-state index contributed by atoms with van der Waals surface area (Å²) in [7, 11) is 0. The molecule has 0 radical (unpaired) electrons. The van der Waals surface area contributed by atoms with Crippen molar-refractivity contribution in [3.8, 4) is 0 Å². The highest BCUT2D eigenvalue weighted by molar-refractivity contribution is 5.92. The van der Waals surface area contributed by atoms with E-state index in [1.807, 2.05) is 6.92 Å². The summed E-state index contributed by atoms with van der Waals surface area (Å²) in [6.07, 6.45) is 0. The van der Waals surface area contributed by atoms with Crippen LogP contribution in [0.4, 0.5) is 14.5 Å². The lowest BCUT2D eigenvalue weighted by Crippen LogP contribution is -2.48. The van der Waals surface area contributed by atoms with Gasteiger partial charge in [0.05, 0.1) is 5.69 Å². The van der Waals surface area contributed by atoms with Crippen molar-refractivity contribution in [1.29, 1.82) is 0 Å². The molecule has 1 aromatic carbocycles. The number of carbonyl (C=O) groups is 1. The third-order valence-electron chi connectivity index (χ3n) is 3.12. The van der Waals surface area contributed by atoms with Crippen molar-refractivity contribution in [1.82, 2.24) is 5.32 Å². The fourth-order valence-electron chi connectivity index (χ4n) is 1.72. The Labute approximate surface area is 98.2 Å². The molecule has 1 fully saturated rings. The van der Waals surface area contributed by atoms with Crippen molar-refractivity contribution in [2.24, 2.45) is 11.8 Å². The molecule has 0 saturated carbocycles. The standard InChI is InChI=1S/C12H14F2N2O/c1-7(8-5-15-6-8)12(17)16-11-3-2-9(13)4-10(11)14/h2-4,7-8,15H,5-6H2,1H3,(H,16,17). The van der Waals surface area contributed by atoms with Gasteiger partial charge in [-0.25, -0.2) is 8.78 Å². The minimum atomic E-state index is -0.753. The van der Waals surface area contributed by atoms with E-state index < -0.39 is 11.6 Å². The van der Waals surface area contributed by atoms with Gasteiger partial charge in [0.1, 0.15) is 11.6 Å². The Morgan fingerprint density at radius 3 is 2.71 bits per heavy atom. The highest BCUT2D eigenvalue weighted by Crippen LogP contribution is 2.20. The smallest absolute Gasteiger partial charge is 0.227 e. The molecule has 17 heavy (non-hydrogen) atoms. The number of hydrogen-bond donors (Lipinski definition) is 2. The summed E-state index contributed by atoms with van der Waals surface area (Å²) in [5.74, 6) is -1.53. The van der Waals surface area contributed by atoms with Gasteiger partial charge in [0.2, 0.25) is 5.91 Å². The lowest BCUT2D eigenvalue weighted by Gasteiger charge is -2.31. The van der Waals surface area contributed by atoms with E-state index in [0.717, 1.165) is 25.2 Å². The number of rotatable bonds is 3. The lowest BCUT2D eigenvalue weighted by molar-refractivity contribution is -0.121. The number of benzene rings is 1. The zero-order valence-electron chi connectivity index (χ0n) is 9.47. The Morgan fingerprint density at radius 1 is 1.47 bits per heavy atom. The third-order valence-corrected chi connectivity index (χ3v) is 3.12. The van der Waals surface area contributed by atoms with Gasteiger partial charge in [-0.2, -0.15) is 0 Å². The number of hydrogen-bond acceptors (Lipinski definition) is 2. The summed E-state index contributed by atoms with van der Waals surface area (Å²) in [6.45, 7) is 3.42. The number of anilines is 1. The molecule has 1 amide bonds. The summed E-state index contributed by atoms with van der Waals surface area (Å²) in [6, 6.07) is 3.10. The van der Waals surface area contributed by atoms with Crippen molar-refractivity contribution in [2.75, 3.05) is 18.4 Å². The van der Waals surface area contributed by atoms with Crippen LogP contribution < -0.4 is 10.6 Å². The van der Waals surface area contributed by atoms with Gasteiger partial charge in [-0.1, -0.05) is 6.92 Å². The largest absolute Gasteiger partial charge is 0.323 e. The van der Waals surface area contributed by atoms with Crippen LogP contribution in [0.1, 0.15) is 6.92 Å². The molecule has 3 nitrogen and oxygen atoms in total. The molecule has 0 aromatic heterocycles. The maximum Gasteiger partial charge on any atom is 0.227 e. The first kappa shape index (κ1) is 12.0. The number of nitrogens with one attached hydrogen (secondary N) is 2. The summed E-state index contributed by atoms with van der Waals surface area (Å²) in [5.41, 5.74) is 0.0236. The lowest BCUT2D eigenvalue weighted by atomic mass is 9.88. The topological polar surface area (TPSA) is 41.1 Å². The molecule has 1 unspecified atom stereocenters. The molecule has 1 atom stereocenters. The highest BCUT2D eigenvalue weighted by Gasteiger charge is 2.28. The second kappa shape index (κ2) is 4.79. The monoisotopic (exact) mass is 240 g/mol. The van der Waals surface area contributed by atoms with Crippen LogP contribution in [0.2, 0.25) is 0 Å². The van der Waals surface area contributed by atoms with Gasteiger partial charge in [-0.05, 0) is 31.1 Å². The van der Waals surface area contributed by atoms with Crippen LogP contribution in [0.15, 0.2) is 18.2 Å². The number of carbonyl (C=O) groups excluding carboxylic acids is 1. The fraction of sp³-hybridized carbons (Fsp3) is 0.417. The summed E-state index contributed by atoms with van der Waals surface area (Å²) < 4.78 is 26.0. The first-order valence-corrected chi connectivity index (χ1v) is 5.54. The van der Waals surface area contributed by atoms with E-state index in [-0.39, 0.29) is 17.5 Å². The minimum Gasteiger partial charge on any atom is -0.323 e. The molecule has 1 aliphatic rings. The minimum absolute atomic E-state index is 0.0236. The molecule has 1 heterocycles. The van der Waals surface area contributed by atoms with Gasteiger partial charge in [-0.3, -0.25) is 4.79 Å². The van der Waals surface area contributed by atoms with Crippen molar-refractivity contribution < 1.29 is 13.6 Å².